The number of nitrogens with zero attached hydrogens (tertiary/aromatic N) is 1. The second-order valence-electron chi connectivity index (χ2n) is 6.07. The minimum Gasteiger partial charge on any atom is -0.482 e. The highest BCUT2D eigenvalue weighted by Gasteiger charge is 2.20. The van der Waals surface area contributed by atoms with Crippen LogP contribution in [0.1, 0.15) is 16.7 Å². The van der Waals surface area contributed by atoms with Crippen LogP contribution >= 0.6 is 11.6 Å². The van der Waals surface area contributed by atoms with E-state index in [1.54, 1.807) is 45.0 Å². The molecule has 0 fully saturated rings. The number of nitro groups is 1. The molecule has 9 heteroatoms. The van der Waals surface area contributed by atoms with Crippen LogP contribution < -0.4 is 10.1 Å². The third kappa shape index (κ3) is 5.43. The van der Waals surface area contributed by atoms with Crippen molar-refractivity contribution in [3.63, 3.8) is 0 Å². The van der Waals surface area contributed by atoms with Gasteiger partial charge >= 0.3 is 5.97 Å². The van der Waals surface area contributed by atoms with Crippen molar-refractivity contribution in [3.05, 3.63) is 62.2 Å². The Morgan fingerprint density at radius 2 is 1.82 bits per heavy atom. The van der Waals surface area contributed by atoms with Crippen LogP contribution in [0, 0.1) is 30.9 Å². The fraction of sp³-hybridized carbons (Fsp3) is 0.263. The molecular formula is C19H19ClN2O6. The Labute approximate surface area is 166 Å². The lowest BCUT2D eigenvalue weighted by atomic mass is 10.1. The number of amides is 1. The van der Waals surface area contributed by atoms with Crippen molar-refractivity contribution in [2.45, 2.75) is 20.8 Å². The summed E-state index contributed by atoms with van der Waals surface area (Å²) in [5, 5.41) is 14.1. The van der Waals surface area contributed by atoms with Gasteiger partial charge in [-0.3, -0.25) is 14.9 Å². The summed E-state index contributed by atoms with van der Waals surface area (Å²) in [6.07, 6.45) is 0. The molecule has 0 aliphatic carbocycles. The molecule has 0 radical (unpaired) electrons. The Bertz CT molecular complexity index is 929. The number of esters is 1. The van der Waals surface area contributed by atoms with E-state index in [0.717, 1.165) is 11.1 Å². The normalized spacial score (nSPS) is 10.3. The summed E-state index contributed by atoms with van der Waals surface area (Å²) in [4.78, 5) is 34.4. The number of anilines is 1. The molecule has 2 aromatic rings. The number of hydrogen-bond acceptors (Lipinski definition) is 6. The van der Waals surface area contributed by atoms with Crippen molar-refractivity contribution in [1.82, 2.24) is 0 Å². The number of ether oxygens (including phenoxy) is 2. The van der Waals surface area contributed by atoms with Gasteiger partial charge in [0.1, 0.15) is 11.4 Å². The van der Waals surface area contributed by atoms with Gasteiger partial charge in [0, 0.05) is 11.1 Å². The number of nitro benzene ring substituents is 1. The van der Waals surface area contributed by atoms with Crippen LogP contribution in [0.25, 0.3) is 0 Å². The van der Waals surface area contributed by atoms with E-state index in [9.17, 15) is 19.7 Å². The van der Waals surface area contributed by atoms with E-state index in [0.29, 0.717) is 16.3 Å². The first kappa shape index (κ1) is 21.2. The highest BCUT2D eigenvalue weighted by Crippen LogP contribution is 2.30. The smallest absolute Gasteiger partial charge is 0.344 e. The first-order valence-corrected chi connectivity index (χ1v) is 8.66. The van der Waals surface area contributed by atoms with Crippen LogP contribution in [0.5, 0.6) is 5.75 Å². The molecule has 28 heavy (non-hydrogen) atoms. The molecule has 0 atom stereocenters. The molecule has 0 saturated carbocycles. The van der Waals surface area contributed by atoms with Gasteiger partial charge in [-0.15, -0.1) is 0 Å². The number of carbonyl (C=O) groups excluding carboxylic acids is 2. The summed E-state index contributed by atoms with van der Waals surface area (Å²) in [6, 6.07) is 7.82. The van der Waals surface area contributed by atoms with Gasteiger partial charge in [0.05, 0.1) is 4.92 Å². The average Bonchev–Trinajstić information content (AvgIpc) is 2.64. The van der Waals surface area contributed by atoms with E-state index in [4.69, 9.17) is 21.1 Å². The second-order valence-corrected chi connectivity index (χ2v) is 6.47. The minimum absolute atomic E-state index is 0.0824. The number of hydrogen-bond donors (Lipinski definition) is 1. The predicted molar refractivity (Wildman–Crippen MR) is 104 cm³/mol. The number of carbonyl (C=O) groups is 2. The van der Waals surface area contributed by atoms with Gasteiger partial charge in [-0.1, -0.05) is 17.7 Å². The summed E-state index contributed by atoms with van der Waals surface area (Å²) in [5.74, 6) is -1.000. The van der Waals surface area contributed by atoms with E-state index in [1.165, 1.54) is 6.07 Å². The Hall–Kier alpha value is -3.13. The lowest BCUT2D eigenvalue weighted by Gasteiger charge is -2.11. The molecule has 0 aliphatic heterocycles. The Balaban J connectivity index is 1.90. The molecule has 0 heterocycles. The number of rotatable bonds is 7. The van der Waals surface area contributed by atoms with Crippen molar-refractivity contribution in [3.8, 4) is 5.75 Å². The predicted octanol–water partition coefficient (Wildman–Crippen LogP) is 3.73. The molecule has 0 aliphatic rings. The first-order valence-electron chi connectivity index (χ1n) is 8.28. The molecular weight excluding hydrogens is 388 g/mol. The second kappa shape index (κ2) is 9.18. The van der Waals surface area contributed by atoms with Crippen LogP contribution in [0.4, 0.5) is 11.4 Å². The zero-order chi connectivity index (χ0) is 20.8. The van der Waals surface area contributed by atoms with E-state index in [1.807, 2.05) is 0 Å². The number of nitrogens with one attached hydrogen (secondary N) is 1. The fourth-order valence-electron chi connectivity index (χ4n) is 2.32. The van der Waals surface area contributed by atoms with Crippen molar-refractivity contribution < 1.29 is 24.0 Å². The lowest BCUT2D eigenvalue weighted by molar-refractivity contribution is -0.384. The monoisotopic (exact) mass is 406 g/mol. The zero-order valence-electron chi connectivity index (χ0n) is 15.6. The molecule has 2 aromatic carbocycles. The minimum atomic E-state index is -0.752. The molecule has 148 valence electrons. The Morgan fingerprint density at radius 3 is 2.46 bits per heavy atom. The zero-order valence-corrected chi connectivity index (χ0v) is 16.3. The molecule has 1 N–H and O–H groups in total. The number of aryl methyl sites for hydroxylation is 2. The Kier molecular flexibility index (Phi) is 6.94. The number of benzene rings is 2. The molecule has 8 nitrogen and oxygen atoms in total. The maximum absolute atomic E-state index is 12.0. The van der Waals surface area contributed by atoms with Gasteiger partial charge in [0.2, 0.25) is 0 Å². The van der Waals surface area contributed by atoms with Crippen LogP contribution in [0.2, 0.25) is 5.02 Å². The molecule has 0 unspecified atom stereocenters. The van der Waals surface area contributed by atoms with Gasteiger partial charge in [0.15, 0.2) is 13.2 Å². The van der Waals surface area contributed by atoms with Gasteiger partial charge in [-0.25, -0.2) is 4.79 Å². The lowest BCUT2D eigenvalue weighted by Crippen LogP contribution is -2.24. The summed E-state index contributed by atoms with van der Waals surface area (Å²) >= 11 is 5.91. The molecule has 0 aromatic heterocycles. The van der Waals surface area contributed by atoms with Crippen molar-refractivity contribution in [2.75, 3.05) is 18.5 Å². The average molecular weight is 407 g/mol. The molecule has 0 spiro atoms. The molecule has 1 amide bonds. The van der Waals surface area contributed by atoms with Crippen molar-refractivity contribution >= 4 is 34.9 Å². The van der Waals surface area contributed by atoms with E-state index < -0.39 is 30.0 Å². The van der Waals surface area contributed by atoms with Gasteiger partial charge in [0.25, 0.3) is 11.6 Å². The number of halogens is 1. The third-order valence-corrected chi connectivity index (χ3v) is 4.45. The largest absolute Gasteiger partial charge is 0.482 e. The first-order chi connectivity index (χ1) is 13.2. The highest BCUT2D eigenvalue weighted by atomic mass is 35.5. The standard InChI is InChI=1S/C19H19ClN2O6/c1-11-4-7-16(22(25)26)19(13(11)3)21-17(23)9-28-18(24)10-27-14-5-6-15(20)12(2)8-14/h4-8H,9-10H2,1-3H3,(H,21,23). The summed E-state index contributed by atoms with van der Waals surface area (Å²) in [5.41, 5.74) is 1.99. The van der Waals surface area contributed by atoms with Crippen LogP contribution in [-0.2, 0) is 14.3 Å². The van der Waals surface area contributed by atoms with Crippen LogP contribution in [-0.4, -0.2) is 30.0 Å². The Morgan fingerprint density at radius 1 is 1.11 bits per heavy atom. The van der Waals surface area contributed by atoms with E-state index in [2.05, 4.69) is 5.32 Å². The molecule has 0 saturated heterocycles. The summed E-state index contributed by atoms with van der Waals surface area (Å²) < 4.78 is 10.1. The van der Waals surface area contributed by atoms with Crippen molar-refractivity contribution in [2.24, 2.45) is 0 Å². The maximum Gasteiger partial charge on any atom is 0.344 e. The quantitative estimate of drug-likeness (QED) is 0.426. The van der Waals surface area contributed by atoms with Crippen LogP contribution in [0.15, 0.2) is 30.3 Å². The van der Waals surface area contributed by atoms with Gasteiger partial charge in [-0.05, 0) is 55.7 Å². The maximum atomic E-state index is 12.0. The van der Waals surface area contributed by atoms with Gasteiger partial charge in [-0.2, -0.15) is 0 Å². The summed E-state index contributed by atoms with van der Waals surface area (Å²) in [6.45, 7) is 4.24. The molecule has 2 rings (SSSR count). The SMILES string of the molecule is Cc1cc(OCC(=O)OCC(=O)Nc2c([N+](=O)[O-])ccc(C)c2C)ccc1Cl. The fourth-order valence-corrected chi connectivity index (χ4v) is 2.44. The third-order valence-electron chi connectivity index (χ3n) is 4.03. The van der Waals surface area contributed by atoms with Crippen molar-refractivity contribution in [1.29, 1.82) is 0 Å². The topological polar surface area (TPSA) is 108 Å². The summed E-state index contributed by atoms with van der Waals surface area (Å²) in [7, 11) is 0. The van der Waals surface area contributed by atoms with Crippen LogP contribution in [0.3, 0.4) is 0 Å². The highest BCUT2D eigenvalue weighted by molar-refractivity contribution is 6.31. The van der Waals surface area contributed by atoms with Gasteiger partial charge < -0.3 is 14.8 Å². The molecule has 0 bridgehead atoms. The van der Waals surface area contributed by atoms with E-state index in [-0.39, 0.29) is 11.4 Å². The van der Waals surface area contributed by atoms with E-state index >= 15 is 0 Å².